The van der Waals surface area contributed by atoms with Gasteiger partial charge in [-0.15, -0.1) is 0 Å². The van der Waals surface area contributed by atoms with E-state index in [9.17, 15) is 13.2 Å². The van der Waals surface area contributed by atoms with E-state index in [-0.39, 0.29) is 5.56 Å². The van der Waals surface area contributed by atoms with E-state index in [1.54, 1.807) is 18.2 Å². The van der Waals surface area contributed by atoms with Crippen LogP contribution in [-0.4, -0.2) is 29.9 Å². The zero-order chi connectivity index (χ0) is 13.1. The molecular formula is C11H13BrO4S. The van der Waals surface area contributed by atoms with Crippen LogP contribution in [0.25, 0.3) is 0 Å². The van der Waals surface area contributed by atoms with E-state index in [1.807, 2.05) is 0 Å². The molecule has 0 heterocycles. The van der Waals surface area contributed by atoms with Gasteiger partial charge in [0.2, 0.25) is 0 Å². The Morgan fingerprint density at radius 3 is 2.53 bits per heavy atom. The minimum Gasteiger partial charge on any atom is -0.478 e. The zero-order valence-corrected chi connectivity index (χ0v) is 11.7. The van der Waals surface area contributed by atoms with Gasteiger partial charge in [-0.05, 0) is 24.5 Å². The number of hydrogen-bond donors (Lipinski definition) is 1. The molecule has 1 unspecified atom stereocenters. The lowest BCUT2D eigenvalue weighted by atomic mass is 10.0. The van der Waals surface area contributed by atoms with Crippen molar-refractivity contribution in [1.29, 1.82) is 0 Å². The molecule has 1 atom stereocenters. The third kappa shape index (κ3) is 4.12. The number of sulfone groups is 1. The van der Waals surface area contributed by atoms with Crippen LogP contribution in [0.3, 0.4) is 0 Å². The molecule has 1 aromatic rings. The van der Waals surface area contributed by atoms with Crippen LogP contribution in [0.15, 0.2) is 24.3 Å². The lowest BCUT2D eigenvalue weighted by Gasteiger charge is -2.09. The van der Waals surface area contributed by atoms with Crippen LogP contribution < -0.4 is 0 Å². The minimum atomic E-state index is -3.14. The van der Waals surface area contributed by atoms with Crippen molar-refractivity contribution in [3.63, 3.8) is 0 Å². The molecule has 0 bridgehead atoms. The Morgan fingerprint density at radius 1 is 1.41 bits per heavy atom. The summed E-state index contributed by atoms with van der Waals surface area (Å²) in [5, 5.41) is 8.96. The number of halogens is 1. The lowest BCUT2D eigenvalue weighted by molar-refractivity contribution is 0.0695. The molecule has 0 fully saturated rings. The van der Waals surface area contributed by atoms with Gasteiger partial charge in [0, 0.05) is 6.26 Å². The number of aryl methyl sites for hydroxylation is 1. The van der Waals surface area contributed by atoms with E-state index in [0.717, 1.165) is 6.26 Å². The van der Waals surface area contributed by atoms with Crippen LogP contribution in [-0.2, 0) is 16.3 Å². The van der Waals surface area contributed by atoms with Crippen LogP contribution in [0.1, 0.15) is 22.3 Å². The number of hydrogen-bond acceptors (Lipinski definition) is 3. The van der Waals surface area contributed by atoms with Crippen molar-refractivity contribution in [3.05, 3.63) is 35.4 Å². The number of benzene rings is 1. The fourth-order valence-electron chi connectivity index (χ4n) is 1.43. The van der Waals surface area contributed by atoms with Gasteiger partial charge >= 0.3 is 5.97 Å². The number of carboxylic acids is 1. The summed E-state index contributed by atoms with van der Waals surface area (Å²) in [5.41, 5.74) is 0.869. The van der Waals surface area contributed by atoms with Crippen molar-refractivity contribution in [1.82, 2.24) is 0 Å². The van der Waals surface area contributed by atoms with Crippen LogP contribution >= 0.6 is 15.9 Å². The zero-order valence-electron chi connectivity index (χ0n) is 9.26. The molecular weight excluding hydrogens is 308 g/mol. The third-order valence-corrected chi connectivity index (χ3v) is 6.01. The first kappa shape index (κ1) is 14.2. The quantitative estimate of drug-likeness (QED) is 0.843. The normalized spacial score (nSPS) is 13.3. The molecule has 0 amide bonds. The molecule has 94 valence electrons. The highest BCUT2D eigenvalue weighted by Crippen LogP contribution is 2.18. The van der Waals surface area contributed by atoms with Crippen LogP contribution in [0.4, 0.5) is 0 Å². The molecule has 17 heavy (non-hydrogen) atoms. The highest BCUT2D eigenvalue weighted by atomic mass is 79.9. The molecule has 4 nitrogen and oxygen atoms in total. The molecule has 1 rings (SSSR count). The highest BCUT2D eigenvalue weighted by molar-refractivity contribution is 9.11. The number of carbonyl (C=O) groups is 1. The van der Waals surface area contributed by atoms with E-state index in [0.29, 0.717) is 18.4 Å². The second-order valence-corrected chi connectivity index (χ2v) is 7.68. The summed E-state index contributed by atoms with van der Waals surface area (Å²) < 4.78 is 21.8. The Hall–Kier alpha value is -0.880. The van der Waals surface area contributed by atoms with Crippen molar-refractivity contribution in [2.24, 2.45) is 0 Å². The first-order chi connectivity index (χ1) is 7.82. The average Bonchev–Trinajstić information content (AvgIpc) is 2.24. The molecule has 0 saturated carbocycles. The van der Waals surface area contributed by atoms with Gasteiger partial charge in [0.25, 0.3) is 0 Å². The fourth-order valence-corrected chi connectivity index (χ4v) is 2.20. The maximum absolute atomic E-state index is 11.2. The summed E-state index contributed by atoms with van der Waals surface area (Å²) in [6.45, 7) is 0. The molecule has 0 aromatic heterocycles. The molecule has 0 radical (unpaired) electrons. The van der Waals surface area contributed by atoms with E-state index >= 15 is 0 Å². The molecule has 0 aliphatic heterocycles. The smallest absolute Gasteiger partial charge is 0.335 e. The maximum atomic E-state index is 11.2. The Kier molecular flexibility index (Phi) is 4.70. The summed E-state index contributed by atoms with van der Waals surface area (Å²) in [7, 11) is -3.14. The number of carboxylic acid groups (broad SMARTS) is 1. The minimum absolute atomic E-state index is 0.223. The summed E-state index contributed by atoms with van der Waals surface area (Å²) >= 11 is 3.08. The van der Waals surface area contributed by atoms with Crippen molar-refractivity contribution in [2.45, 2.75) is 17.0 Å². The molecule has 0 aliphatic rings. The maximum Gasteiger partial charge on any atom is 0.335 e. The van der Waals surface area contributed by atoms with Gasteiger partial charge in [-0.2, -0.15) is 0 Å². The molecule has 0 aliphatic carbocycles. The van der Waals surface area contributed by atoms with Gasteiger partial charge in [-0.3, -0.25) is 0 Å². The highest BCUT2D eigenvalue weighted by Gasteiger charge is 2.18. The SMILES string of the molecule is CS(=O)(=O)C(Br)CCc1ccccc1C(=O)O. The summed E-state index contributed by atoms with van der Waals surface area (Å²) in [4.78, 5) is 10.9. The Balaban J connectivity index is 2.80. The van der Waals surface area contributed by atoms with Gasteiger partial charge in [0.05, 0.1) is 5.56 Å². The van der Waals surface area contributed by atoms with Gasteiger partial charge in [0.15, 0.2) is 9.84 Å². The molecule has 0 spiro atoms. The Morgan fingerprint density at radius 2 is 2.00 bits per heavy atom. The Labute approximate surface area is 109 Å². The monoisotopic (exact) mass is 320 g/mol. The van der Waals surface area contributed by atoms with Crippen molar-refractivity contribution < 1.29 is 18.3 Å². The standard InChI is InChI=1S/C11H13BrO4S/c1-17(15,16)10(12)7-6-8-4-2-3-5-9(8)11(13)14/h2-5,10H,6-7H2,1H3,(H,13,14). The number of rotatable bonds is 5. The summed E-state index contributed by atoms with van der Waals surface area (Å²) in [6, 6.07) is 6.60. The second-order valence-electron chi connectivity index (χ2n) is 3.74. The van der Waals surface area contributed by atoms with E-state index in [2.05, 4.69) is 15.9 Å². The first-order valence-corrected chi connectivity index (χ1v) is 7.83. The van der Waals surface area contributed by atoms with E-state index in [4.69, 9.17) is 5.11 Å². The molecule has 6 heteroatoms. The van der Waals surface area contributed by atoms with Crippen molar-refractivity contribution >= 4 is 31.7 Å². The van der Waals surface area contributed by atoms with Gasteiger partial charge < -0.3 is 5.11 Å². The van der Waals surface area contributed by atoms with Gasteiger partial charge in [0.1, 0.15) is 4.16 Å². The lowest BCUT2D eigenvalue weighted by Crippen LogP contribution is -2.14. The topological polar surface area (TPSA) is 71.4 Å². The van der Waals surface area contributed by atoms with E-state index < -0.39 is 20.0 Å². The Bertz CT molecular complexity index is 510. The average molecular weight is 321 g/mol. The molecule has 1 aromatic carbocycles. The largest absolute Gasteiger partial charge is 0.478 e. The van der Waals surface area contributed by atoms with Crippen LogP contribution in [0.5, 0.6) is 0 Å². The summed E-state index contributed by atoms with van der Waals surface area (Å²) in [5.74, 6) is -0.994. The van der Waals surface area contributed by atoms with Gasteiger partial charge in [-0.25, -0.2) is 13.2 Å². The van der Waals surface area contributed by atoms with Crippen LogP contribution in [0.2, 0.25) is 0 Å². The second kappa shape index (κ2) is 5.64. The van der Waals surface area contributed by atoms with Crippen LogP contribution in [0, 0.1) is 0 Å². The third-order valence-electron chi connectivity index (χ3n) is 2.35. The fraction of sp³-hybridized carbons (Fsp3) is 0.364. The predicted molar refractivity (Wildman–Crippen MR) is 69.3 cm³/mol. The number of aromatic carboxylic acids is 1. The molecule has 1 N–H and O–H groups in total. The molecule has 0 saturated heterocycles. The van der Waals surface area contributed by atoms with Crippen molar-refractivity contribution in [2.75, 3.05) is 6.26 Å². The van der Waals surface area contributed by atoms with Gasteiger partial charge in [-0.1, -0.05) is 34.1 Å². The van der Waals surface area contributed by atoms with E-state index in [1.165, 1.54) is 6.07 Å². The number of alkyl halides is 1. The predicted octanol–water partition coefficient (Wildman–Crippen LogP) is 2.08. The van der Waals surface area contributed by atoms with Crippen molar-refractivity contribution in [3.8, 4) is 0 Å². The summed E-state index contributed by atoms with van der Waals surface area (Å²) in [6.07, 6.45) is 1.91. The first-order valence-electron chi connectivity index (χ1n) is 4.96.